The SMILES string of the molecule is [2H]C1([2H])CCC([2H])(OC([2H])([2H])c2ccccc2)c2ccccc21. The first-order chi connectivity index (χ1) is 10.7. The minimum atomic E-state index is -2.12. The van der Waals surface area contributed by atoms with Crippen LogP contribution in [0.2, 0.25) is 0 Å². The van der Waals surface area contributed by atoms with Gasteiger partial charge in [-0.25, -0.2) is 0 Å². The number of rotatable bonds is 3. The van der Waals surface area contributed by atoms with E-state index in [2.05, 4.69) is 0 Å². The van der Waals surface area contributed by atoms with Gasteiger partial charge in [0.2, 0.25) is 0 Å². The molecular weight excluding hydrogens is 220 g/mol. The molecule has 18 heavy (non-hydrogen) atoms. The van der Waals surface area contributed by atoms with Gasteiger partial charge < -0.3 is 4.74 Å². The summed E-state index contributed by atoms with van der Waals surface area (Å²) >= 11 is 0. The van der Waals surface area contributed by atoms with Gasteiger partial charge in [-0.3, -0.25) is 0 Å². The van der Waals surface area contributed by atoms with Crippen LogP contribution in [0, 0.1) is 0 Å². The molecule has 1 nitrogen and oxygen atoms in total. The van der Waals surface area contributed by atoms with E-state index in [1.807, 2.05) is 0 Å². The maximum atomic E-state index is 8.66. The van der Waals surface area contributed by atoms with Crippen molar-refractivity contribution < 1.29 is 11.6 Å². The molecule has 0 saturated carbocycles. The summed E-state index contributed by atoms with van der Waals surface area (Å²) in [5, 5.41) is 0. The molecule has 1 aliphatic carbocycles. The van der Waals surface area contributed by atoms with Crippen molar-refractivity contribution in [1.29, 1.82) is 0 Å². The molecule has 2 aromatic carbocycles. The lowest BCUT2D eigenvalue weighted by Gasteiger charge is -2.25. The highest BCUT2D eigenvalue weighted by Gasteiger charge is 2.19. The highest BCUT2D eigenvalue weighted by molar-refractivity contribution is 5.31. The van der Waals surface area contributed by atoms with E-state index in [9.17, 15) is 0 Å². The van der Waals surface area contributed by atoms with Crippen molar-refractivity contribution in [2.75, 3.05) is 0 Å². The van der Waals surface area contributed by atoms with Gasteiger partial charge in [0.1, 0.15) is 0 Å². The van der Waals surface area contributed by atoms with E-state index in [1.165, 1.54) is 0 Å². The van der Waals surface area contributed by atoms with Crippen molar-refractivity contribution in [3.63, 3.8) is 0 Å². The largest absolute Gasteiger partial charge is 0.369 e. The Hall–Kier alpha value is -1.60. The highest BCUT2D eigenvalue weighted by atomic mass is 16.5. The van der Waals surface area contributed by atoms with E-state index in [0.29, 0.717) is 16.7 Å². The second-order valence-corrected chi connectivity index (χ2v) is 4.22. The normalized spacial score (nSPS) is 30.1. The third-order valence-corrected chi connectivity index (χ3v) is 2.96. The van der Waals surface area contributed by atoms with Gasteiger partial charge in [0.05, 0.1) is 16.8 Å². The van der Waals surface area contributed by atoms with Crippen LogP contribution in [0.5, 0.6) is 0 Å². The third-order valence-electron chi connectivity index (χ3n) is 2.96. The number of fused-ring (bicyclic) bond motifs is 1. The van der Waals surface area contributed by atoms with Gasteiger partial charge in [0, 0.05) is 2.74 Å². The second kappa shape index (κ2) is 5.36. The molecule has 3 rings (SSSR count). The predicted molar refractivity (Wildman–Crippen MR) is 73.4 cm³/mol. The topological polar surface area (TPSA) is 9.23 Å². The molecule has 0 amide bonds. The van der Waals surface area contributed by atoms with Gasteiger partial charge in [-0.1, -0.05) is 54.6 Å². The zero-order valence-corrected chi connectivity index (χ0v) is 10.0. The zero-order valence-electron chi connectivity index (χ0n) is 15.0. The van der Waals surface area contributed by atoms with E-state index < -0.39 is 19.0 Å². The smallest absolute Gasteiger partial charge is 0.0832 e. The fraction of sp³-hybridized carbons (Fsp3) is 0.294. The van der Waals surface area contributed by atoms with Crippen molar-refractivity contribution in [3.8, 4) is 0 Å². The van der Waals surface area contributed by atoms with Crippen LogP contribution in [-0.4, -0.2) is 0 Å². The van der Waals surface area contributed by atoms with Gasteiger partial charge >= 0.3 is 0 Å². The van der Waals surface area contributed by atoms with Crippen LogP contribution in [-0.2, 0) is 17.7 Å². The van der Waals surface area contributed by atoms with E-state index in [0.717, 1.165) is 0 Å². The quantitative estimate of drug-likeness (QED) is 0.781. The third kappa shape index (κ3) is 2.46. The van der Waals surface area contributed by atoms with Crippen LogP contribution in [0.25, 0.3) is 0 Å². The Bertz CT molecular complexity index is 701. The molecule has 0 fully saturated rings. The Morgan fingerprint density at radius 1 is 1.17 bits per heavy atom. The number of hydrogen-bond donors (Lipinski definition) is 0. The molecule has 1 unspecified atom stereocenters. The maximum Gasteiger partial charge on any atom is 0.0832 e. The van der Waals surface area contributed by atoms with Gasteiger partial charge in [0.25, 0.3) is 0 Å². The molecule has 0 heterocycles. The van der Waals surface area contributed by atoms with Crippen molar-refractivity contribution in [2.24, 2.45) is 0 Å². The molecule has 0 radical (unpaired) electrons. The fourth-order valence-electron chi connectivity index (χ4n) is 2.06. The first kappa shape index (κ1) is 7.10. The number of aryl methyl sites for hydroxylation is 1. The molecule has 0 aromatic heterocycles. The Balaban J connectivity index is 2.00. The van der Waals surface area contributed by atoms with Crippen LogP contribution in [0.1, 0.15) is 42.5 Å². The molecule has 0 bridgehead atoms. The van der Waals surface area contributed by atoms with Gasteiger partial charge in [-0.05, 0) is 35.9 Å². The standard InChI is InChI=1S/C17H18O/c1-2-7-14(8-3-1)13-18-17-12-6-10-15-9-4-5-11-16(15)17/h1-5,7-9,11,17H,6,10,12-13H2/i10D2,13D2,17D. The highest BCUT2D eigenvalue weighted by Crippen LogP contribution is 2.32. The molecule has 0 spiro atoms. The summed E-state index contributed by atoms with van der Waals surface area (Å²) in [5.74, 6) is 0. The minimum Gasteiger partial charge on any atom is -0.369 e. The fourth-order valence-corrected chi connectivity index (χ4v) is 2.06. The molecule has 1 aliphatic rings. The predicted octanol–water partition coefficient (Wildman–Crippen LogP) is 4.28. The summed E-state index contributed by atoms with van der Waals surface area (Å²) in [6, 6.07) is 15.2. The van der Waals surface area contributed by atoms with Crippen LogP contribution < -0.4 is 0 Å². The molecule has 0 aliphatic heterocycles. The first-order valence-electron chi connectivity index (χ1n) is 8.60. The maximum absolute atomic E-state index is 8.66. The molecule has 0 saturated heterocycles. The minimum absolute atomic E-state index is 0.101. The molecule has 1 heteroatoms. The summed E-state index contributed by atoms with van der Waals surface area (Å²) in [6.45, 7) is -2.12. The average Bonchev–Trinajstić information content (AvgIpc) is 2.53. The van der Waals surface area contributed by atoms with E-state index >= 15 is 0 Å². The van der Waals surface area contributed by atoms with Crippen molar-refractivity contribution in [3.05, 3.63) is 71.3 Å². The Morgan fingerprint density at radius 3 is 2.83 bits per heavy atom. The molecule has 1 atom stereocenters. The number of ether oxygens (including phenoxy) is 1. The number of hydrogen-bond acceptors (Lipinski definition) is 1. The van der Waals surface area contributed by atoms with E-state index in [-0.39, 0.29) is 12.8 Å². The van der Waals surface area contributed by atoms with Crippen LogP contribution in [0.3, 0.4) is 0 Å². The van der Waals surface area contributed by atoms with Gasteiger partial charge in [-0.2, -0.15) is 0 Å². The lowest BCUT2D eigenvalue weighted by atomic mass is 9.89. The van der Waals surface area contributed by atoms with Crippen LogP contribution in [0.4, 0.5) is 0 Å². The van der Waals surface area contributed by atoms with Crippen LogP contribution >= 0.6 is 0 Å². The summed E-state index contributed by atoms with van der Waals surface area (Å²) in [7, 11) is 0. The summed E-state index contributed by atoms with van der Waals surface area (Å²) < 4.78 is 46.9. The first-order valence-corrected chi connectivity index (χ1v) is 6.10. The van der Waals surface area contributed by atoms with E-state index in [4.69, 9.17) is 11.6 Å². The second-order valence-electron chi connectivity index (χ2n) is 4.22. The van der Waals surface area contributed by atoms with E-state index in [1.54, 1.807) is 54.6 Å². The molecule has 0 N–H and O–H groups in total. The van der Waals surface area contributed by atoms with Crippen molar-refractivity contribution in [1.82, 2.24) is 0 Å². The zero-order chi connectivity index (χ0) is 16.7. The summed E-state index contributed by atoms with van der Waals surface area (Å²) in [4.78, 5) is 0. The molecule has 2 aromatic rings. The molecule has 92 valence electrons. The Labute approximate surface area is 115 Å². The number of benzene rings is 2. The van der Waals surface area contributed by atoms with Gasteiger partial charge in [0.15, 0.2) is 0 Å². The monoisotopic (exact) mass is 243 g/mol. The lowest BCUT2D eigenvalue weighted by Crippen LogP contribution is -2.12. The Morgan fingerprint density at radius 2 is 1.94 bits per heavy atom. The average molecular weight is 243 g/mol. The summed E-state index contributed by atoms with van der Waals surface area (Å²) in [6.07, 6.45) is -2.91. The lowest BCUT2D eigenvalue weighted by molar-refractivity contribution is 0.0283. The van der Waals surface area contributed by atoms with Gasteiger partial charge in [-0.15, -0.1) is 0 Å². The summed E-state index contributed by atoms with van der Waals surface area (Å²) in [5.41, 5.74) is 1.15. The van der Waals surface area contributed by atoms with Crippen LogP contribution in [0.15, 0.2) is 54.6 Å². The molecular formula is C17H18O. The Kier molecular flexibility index (Phi) is 2.12. The van der Waals surface area contributed by atoms with Crippen molar-refractivity contribution in [2.45, 2.75) is 31.9 Å². The van der Waals surface area contributed by atoms with Crippen molar-refractivity contribution >= 4 is 0 Å².